The molecule has 35 heavy (non-hydrogen) atoms. The number of ether oxygens (including phenoxy) is 1. The number of pyridine rings is 1. The molecule has 0 bridgehead atoms. The second-order valence-corrected chi connectivity index (χ2v) is 9.94. The number of thioether (sulfide) groups is 1. The van der Waals surface area contributed by atoms with Gasteiger partial charge in [-0.2, -0.15) is 5.26 Å². The van der Waals surface area contributed by atoms with E-state index in [1.54, 1.807) is 7.11 Å². The highest BCUT2D eigenvalue weighted by molar-refractivity contribution is 8.00. The second-order valence-electron chi connectivity index (χ2n) is 7.57. The topological polar surface area (TPSA) is 101 Å². The zero-order valence-electron chi connectivity index (χ0n) is 19.5. The van der Waals surface area contributed by atoms with E-state index in [-0.39, 0.29) is 5.91 Å². The van der Waals surface area contributed by atoms with E-state index in [0.717, 1.165) is 33.1 Å². The summed E-state index contributed by atoms with van der Waals surface area (Å²) in [5.41, 5.74) is 3.70. The van der Waals surface area contributed by atoms with E-state index in [4.69, 9.17) is 9.72 Å². The Balaban J connectivity index is 1.76. The zero-order chi connectivity index (χ0) is 24.8. The third kappa shape index (κ3) is 5.67. The lowest BCUT2D eigenvalue weighted by atomic mass is 9.99. The van der Waals surface area contributed by atoms with Crippen LogP contribution < -0.4 is 10.1 Å². The van der Waals surface area contributed by atoms with Crippen molar-refractivity contribution in [3.8, 4) is 34.2 Å². The number of rotatable bonds is 8. The molecule has 0 radical (unpaired) electrons. The number of anilines is 1. The molecule has 9 heteroatoms. The molecule has 2 heterocycles. The van der Waals surface area contributed by atoms with Crippen molar-refractivity contribution in [1.82, 2.24) is 15.2 Å². The van der Waals surface area contributed by atoms with Crippen LogP contribution in [0.25, 0.3) is 22.4 Å². The number of amides is 1. The Morgan fingerprint density at radius 1 is 1.14 bits per heavy atom. The van der Waals surface area contributed by atoms with Crippen molar-refractivity contribution in [3.05, 3.63) is 71.2 Å². The summed E-state index contributed by atoms with van der Waals surface area (Å²) in [7, 11) is 1.61. The maximum atomic E-state index is 13.0. The Morgan fingerprint density at radius 3 is 2.49 bits per heavy atom. The van der Waals surface area contributed by atoms with Crippen LogP contribution in [-0.2, 0) is 4.79 Å². The average molecular weight is 502 g/mol. The lowest BCUT2D eigenvalue weighted by Crippen LogP contribution is -2.24. The van der Waals surface area contributed by atoms with E-state index >= 15 is 0 Å². The minimum atomic E-state index is -0.464. The van der Waals surface area contributed by atoms with Gasteiger partial charge in [-0.05, 0) is 37.1 Å². The number of hydrogen-bond donors (Lipinski definition) is 1. The molecule has 4 rings (SSSR count). The molecular formula is C26H23N5O2S2. The van der Waals surface area contributed by atoms with E-state index in [1.807, 2.05) is 74.5 Å². The SMILES string of the molecule is CCC(Sc1nc(-c2ccccc2)cc(-c2ccc(OC)cc2)c1C#N)C(=O)Nc1nnc(C)s1. The summed E-state index contributed by atoms with van der Waals surface area (Å²) in [5.74, 6) is 0.532. The number of nitrogens with zero attached hydrogens (tertiary/aromatic N) is 4. The lowest BCUT2D eigenvalue weighted by molar-refractivity contribution is -0.115. The van der Waals surface area contributed by atoms with Crippen molar-refractivity contribution >= 4 is 34.1 Å². The first-order valence-electron chi connectivity index (χ1n) is 10.9. The summed E-state index contributed by atoms with van der Waals surface area (Å²) in [6, 6.07) is 21.6. The van der Waals surface area contributed by atoms with Crippen molar-refractivity contribution < 1.29 is 9.53 Å². The number of hydrogen-bond acceptors (Lipinski definition) is 8. The molecule has 2 aromatic carbocycles. The van der Waals surface area contributed by atoms with Crippen LogP contribution in [0.2, 0.25) is 0 Å². The van der Waals surface area contributed by atoms with Gasteiger partial charge in [0.2, 0.25) is 11.0 Å². The lowest BCUT2D eigenvalue weighted by Gasteiger charge is -2.17. The monoisotopic (exact) mass is 501 g/mol. The fraction of sp³-hybridized carbons (Fsp3) is 0.192. The zero-order valence-corrected chi connectivity index (χ0v) is 21.1. The molecule has 0 spiro atoms. The number of nitrogens with one attached hydrogen (secondary N) is 1. The van der Waals surface area contributed by atoms with Gasteiger partial charge in [-0.1, -0.05) is 72.5 Å². The van der Waals surface area contributed by atoms with Crippen molar-refractivity contribution in [2.75, 3.05) is 12.4 Å². The fourth-order valence-electron chi connectivity index (χ4n) is 3.46. The minimum Gasteiger partial charge on any atom is -0.497 e. The van der Waals surface area contributed by atoms with Crippen LogP contribution in [0.5, 0.6) is 5.75 Å². The molecule has 1 amide bonds. The molecule has 0 saturated heterocycles. The molecule has 1 atom stereocenters. The standard InChI is InChI=1S/C26H23N5O2S2/c1-4-23(24(32)29-26-31-30-16(2)34-26)35-25-21(15-27)20(17-10-12-19(33-3)13-11-17)14-22(28-25)18-8-6-5-7-9-18/h5-14,23H,4H2,1-3H3,(H,29,31,32). The summed E-state index contributed by atoms with van der Waals surface area (Å²) >= 11 is 2.60. The van der Waals surface area contributed by atoms with E-state index in [9.17, 15) is 10.1 Å². The quantitative estimate of drug-likeness (QED) is 0.297. The fourth-order valence-corrected chi connectivity index (χ4v) is 5.08. The van der Waals surface area contributed by atoms with Gasteiger partial charge in [-0.3, -0.25) is 10.1 Å². The average Bonchev–Trinajstić information content (AvgIpc) is 3.31. The molecule has 176 valence electrons. The molecule has 0 aliphatic rings. The summed E-state index contributed by atoms with van der Waals surface area (Å²) < 4.78 is 5.29. The number of aromatic nitrogens is 3. The number of carbonyl (C=O) groups is 1. The number of carbonyl (C=O) groups excluding carboxylic acids is 1. The Hall–Kier alpha value is -3.74. The van der Waals surface area contributed by atoms with Gasteiger partial charge in [0, 0.05) is 11.1 Å². The van der Waals surface area contributed by atoms with Crippen molar-refractivity contribution in [2.24, 2.45) is 0 Å². The van der Waals surface area contributed by atoms with Gasteiger partial charge < -0.3 is 4.74 Å². The van der Waals surface area contributed by atoms with Crippen LogP contribution in [0, 0.1) is 18.3 Å². The van der Waals surface area contributed by atoms with E-state index in [2.05, 4.69) is 21.6 Å². The molecule has 0 fully saturated rings. The predicted octanol–water partition coefficient (Wildman–Crippen LogP) is 5.97. The van der Waals surface area contributed by atoms with Crippen LogP contribution in [-0.4, -0.2) is 33.4 Å². The first-order valence-corrected chi connectivity index (χ1v) is 12.6. The van der Waals surface area contributed by atoms with Gasteiger partial charge in [0.25, 0.3) is 0 Å². The van der Waals surface area contributed by atoms with Gasteiger partial charge in [-0.25, -0.2) is 4.98 Å². The van der Waals surface area contributed by atoms with Crippen LogP contribution in [0.15, 0.2) is 65.7 Å². The van der Waals surface area contributed by atoms with Crippen LogP contribution >= 0.6 is 23.1 Å². The van der Waals surface area contributed by atoms with Gasteiger partial charge >= 0.3 is 0 Å². The molecule has 1 N–H and O–H groups in total. The van der Waals surface area contributed by atoms with Gasteiger partial charge in [-0.15, -0.1) is 10.2 Å². The molecule has 2 aromatic heterocycles. The van der Waals surface area contributed by atoms with Crippen molar-refractivity contribution in [1.29, 1.82) is 5.26 Å². The number of nitriles is 1. The maximum absolute atomic E-state index is 13.0. The molecule has 0 saturated carbocycles. The third-order valence-electron chi connectivity index (χ3n) is 5.24. The first-order chi connectivity index (χ1) is 17.0. The molecule has 7 nitrogen and oxygen atoms in total. The van der Waals surface area contributed by atoms with E-state index in [0.29, 0.717) is 22.1 Å². The van der Waals surface area contributed by atoms with Crippen molar-refractivity contribution in [2.45, 2.75) is 30.5 Å². The molecule has 4 aromatic rings. The second kappa shape index (κ2) is 11.1. The third-order valence-corrected chi connectivity index (χ3v) is 7.35. The van der Waals surface area contributed by atoms with Gasteiger partial charge in [0.15, 0.2) is 0 Å². The Morgan fingerprint density at radius 2 is 1.89 bits per heavy atom. The highest BCUT2D eigenvalue weighted by atomic mass is 32.2. The normalized spacial score (nSPS) is 11.5. The minimum absolute atomic E-state index is 0.199. The maximum Gasteiger partial charge on any atom is 0.239 e. The summed E-state index contributed by atoms with van der Waals surface area (Å²) in [5, 5.41) is 22.2. The van der Waals surface area contributed by atoms with Gasteiger partial charge in [0.1, 0.15) is 21.9 Å². The van der Waals surface area contributed by atoms with E-state index < -0.39 is 5.25 Å². The summed E-state index contributed by atoms with van der Waals surface area (Å²) in [6.45, 7) is 3.76. The number of benzene rings is 2. The van der Waals surface area contributed by atoms with Crippen LogP contribution in [0.1, 0.15) is 23.9 Å². The summed E-state index contributed by atoms with van der Waals surface area (Å²) in [6.07, 6.45) is 0.550. The van der Waals surface area contributed by atoms with Crippen LogP contribution in [0.3, 0.4) is 0 Å². The van der Waals surface area contributed by atoms with Crippen LogP contribution in [0.4, 0.5) is 5.13 Å². The highest BCUT2D eigenvalue weighted by Crippen LogP contribution is 2.37. The van der Waals surface area contributed by atoms with E-state index in [1.165, 1.54) is 23.1 Å². The first kappa shape index (κ1) is 24.4. The Bertz CT molecular complexity index is 1370. The largest absolute Gasteiger partial charge is 0.497 e. The number of methoxy groups -OCH3 is 1. The van der Waals surface area contributed by atoms with Crippen molar-refractivity contribution in [3.63, 3.8) is 0 Å². The predicted molar refractivity (Wildman–Crippen MR) is 140 cm³/mol. The molecule has 0 aliphatic carbocycles. The molecular weight excluding hydrogens is 478 g/mol. The Kier molecular flexibility index (Phi) is 7.75. The molecule has 0 aliphatic heterocycles. The Labute approximate surface area is 212 Å². The molecule has 1 unspecified atom stereocenters. The number of aryl methyl sites for hydroxylation is 1. The smallest absolute Gasteiger partial charge is 0.239 e. The summed E-state index contributed by atoms with van der Waals surface area (Å²) in [4.78, 5) is 17.8. The van der Waals surface area contributed by atoms with Gasteiger partial charge in [0.05, 0.1) is 23.6 Å². The highest BCUT2D eigenvalue weighted by Gasteiger charge is 2.24.